The molecule has 0 aliphatic carbocycles. The van der Waals surface area contributed by atoms with Gasteiger partial charge in [0.25, 0.3) is 0 Å². The second-order valence-electron chi connectivity index (χ2n) is 11.8. The highest BCUT2D eigenvalue weighted by atomic mass is 16.1. The fourth-order valence-electron chi connectivity index (χ4n) is 5.78. The summed E-state index contributed by atoms with van der Waals surface area (Å²) in [5.74, 6) is 0.211. The van der Waals surface area contributed by atoms with Crippen LogP contribution in [0, 0.1) is 47.5 Å². The van der Waals surface area contributed by atoms with Crippen molar-refractivity contribution < 1.29 is 4.79 Å². The van der Waals surface area contributed by atoms with E-state index in [0.717, 1.165) is 55.0 Å². The summed E-state index contributed by atoms with van der Waals surface area (Å²) in [4.78, 5) is 24.7. The van der Waals surface area contributed by atoms with Gasteiger partial charge in [-0.15, -0.1) is 0 Å². The first-order chi connectivity index (χ1) is 19.7. The summed E-state index contributed by atoms with van der Waals surface area (Å²) >= 11 is 0. The molecular formula is C36H42N4O. The maximum absolute atomic E-state index is 13.0. The lowest BCUT2D eigenvalue weighted by Crippen LogP contribution is -2.40. The normalized spacial score (nSPS) is 14.3. The van der Waals surface area contributed by atoms with Crippen molar-refractivity contribution in [2.24, 2.45) is 5.92 Å². The fourth-order valence-corrected chi connectivity index (χ4v) is 5.78. The van der Waals surface area contributed by atoms with Crippen LogP contribution in [-0.4, -0.2) is 33.9 Å². The molecule has 0 bridgehead atoms. The first-order valence-electron chi connectivity index (χ1n) is 14.7. The first kappa shape index (κ1) is 28.7. The van der Waals surface area contributed by atoms with Crippen molar-refractivity contribution in [1.29, 1.82) is 0 Å². The quantitative estimate of drug-likeness (QED) is 0.267. The summed E-state index contributed by atoms with van der Waals surface area (Å²) in [5, 5.41) is 3.19. The molecule has 5 rings (SSSR count). The van der Waals surface area contributed by atoms with Gasteiger partial charge in [0.2, 0.25) is 5.91 Å². The summed E-state index contributed by atoms with van der Waals surface area (Å²) < 4.78 is 0. The number of nitrogens with zero attached hydrogens (tertiary/aromatic N) is 3. The number of carbonyl (C=O) groups is 1. The molecular weight excluding hydrogens is 504 g/mol. The van der Waals surface area contributed by atoms with Gasteiger partial charge < -0.3 is 5.32 Å². The SMILES string of the molecule is Cc1cc(-c2cc(CNC(=O)C3CCN(Cc4ccnc(-c5cc(C)c(C)c(C)c5)c4)CC3)ccn2)cc(C)c1C. The molecule has 5 nitrogen and oxygen atoms in total. The molecule has 212 valence electrons. The number of nitrogens with one attached hydrogen (secondary N) is 1. The maximum Gasteiger partial charge on any atom is 0.223 e. The summed E-state index contributed by atoms with van der Waals surface area (Å²) in [5.41, 5.74) is 14.4. The first-order valence-corrected chi connectivity index (χ1v) is 14.7. The lowest BCUT2D eigenvalue weighted by molar-refractivity contribution is -0.126. The number of hydrogen-bond donors (Lipinski definition) is 1. The topological polar surface area (TPSA) is 58.1 Å². The number of likely N-dealkylation sites (tertiary alicyclic amines) is 1. The predicted octanol–water partition coefficient (Wildman–Crippen LogP) is 7.19. The maximum atomic E-state index is 13.0. The molecule has 41 heavy (non-hydrogen) atoms. The van der Waals surface area contributed by atoms with Crippen molar-refractivity contribution in [2.75, 3.05) is 13.1 Å². The Bertz CT molecular complexity index is 1520. The third kappa shape index (κ3) is 6.74. The van der Waals surface area contributed by atoms with Gasteiger partial charge in [-0.1, -0.05) is 0 Å². The average molecular weight is 547 g/mol. The molecule has 0 radical (unpaired) electrons. The van der Waals surface area contributed by atoms with Gasteiger partial charge in [0.15, 0.2) is 0 Å². The Labute approximate surface area is 245 Å². The van der Waals surface area contributed by atoms with Gasteiger partial charge in [0, 0.05) is 42.5 Å². The Morgan fingerprint density at radius 1 is 0.732 bits per heavy atom. The Hall–Kier alpha value is -3.83. The monoisotopic (exact) mass is 546 g/mol. The molecule has 5 heteroatoms. The van der Waals surface area contributed by atoms with Crippen molar-refractivity contribution in [2.45, 2.75) is 67.5 Å². The third-order valence-corrected chi connectivity index (χ3v) is 8.93. The summed E-state index contributed by atoms with van der Waals surface area (Å²) in [7, 11) is 0. The van der Waals surface area contributed by atoms with E-state index in [1.807, 2.05) is 18.5 Å². The number of benzene rings is 2. The molecule has 0 atom stereocenters. The Kier molecular flexibility index (Phi) is 8.65. The Morgan fingerprint density at radius 3 is 1.71 bits per heavy atom. The summed E-state index contributed by atoms with van der Waals surface area (Å²) in [6.07, 6.45) is 5.51. The van der Waals surface area contributed by atoms with Crippen molar-refractivity contribution >= 4 is 5.91 Å². The molecule has 1 saturated heterocycles. The third-order valence-electron chi connectivity index (χ3n) is 8.93. The molecule has 0 saturated carbocycles. The highest BCUT2D eigenvalue weighted by molar-refractivity contribution is 5.78. The number of pyridine rings is 2. The second-order valence-corrected chi connectivity index (χ2v) is 11.8. The van der Waals surface area contributed by atoms with Crippen molar-refractivity contribution in [3.05, 3.63) is 105 Å². The predicted molar refractivity (Wildman–Crippen MR) is 168 cm³/mol. The van der Waals surface area contributed by atoms with Crippen LogP contribution in [0.2, 0.25) is 0 Å². The molecule has 2 aromatic heterocycles. The molecule has 1 aliphatic rings. The minimum absolute atomic E-state index is 0.0569. The van der Waals surface area contributed by atoms with E-state index in [9.17, 15) is 4.79 Å². The smallest absolute Gasteiger partial charge is 0.223 e. The molecule has 1 aliphatic heterocycles. The van der Waals surface area contributed by atoms with Crippen molar-refractivity contribution in [3.63, 3.8) is 0 Å². The van der Waals surface area contributed by atoms with Crippen LogP contribution in [0.3, 0.4) is 0 Å². The highest BCUT2D eigenvalue weighted by Gasteiger charge is 2.25. The number of piperidine rings is 1. The average Bonchev–Trinajstić information content (AvgIpc) is 2.97. The van der Waals surface area contributed by atoms with Crippen LogP contribution >= 0.6 is 0 Å². The van der Waals surface area contributed by atoms with Crippen molar-refractivity contribution in [3.8, 4) is 22.5 Å². The van der Waals surface area contributed by atoms with Crippen LogP contribution in [0.5, 0.6) is 0 Å². The van der Waals surface area contributed by atoms with E-state index >= 15 is 0 Å². The molecule has 2 aromatic carbocycles. The van der Waals surface area contributed by atoms with E-state index in [2.05, 4.69) is 104 Å². The van der Waals surface area contributed by atoms with E-state index < -0.39 is 0 Å². The van der Waals surface area contributed by atoms with Gasteiger partial charge in [-0.3, -0.25) is 19.7 Å². The van der Waals surface area contributed by atoms with Gasteiger partial charge in [0.1, 0.15) is 0 Å². The zero-order valence-electron chi connectivity index (χ0n) is 25.3. The molecule has 0 spiro atoms. The van der Waals surface area contributed by atoms with Crippen LogP contribution in [0.4, 0.5) is 0 Å². The summed E-state index contributed by atoms with van der Waals surface area (Å²) in [6.45, 7) is 16.2. The van der Waals surface area contributed by atoms with Crippen LogP contribution in [0.25, 0.3) is 22.5 Å². The fraction of sp³-hybridized carbons (Fsp3) is 0.361. The highest BCUT2D eigenvalue weighted by Crippen LogP contribution is 2.26. The van der Waals surface area contributed by atoms with Crippen LogP contribution in [0.1, 0.15) is 57.3 Å². The Morgan fingerprint density at radius 2 is 1.20 bits per heavy atom. The largest absolute Gasteiger partial charge is 0.352 e. The molecule has 1 N–H and O–H groups in total. The van der Waals surface area contributed by atoms with Crippen LogP contribution in [0.15, 0.2) is 60.9 Å². The molecule has 1 amide bonds. The van der Waals surface area contributed by atoms with Gasteiger partial charge >= 0.3 is 0 Å². The molecule has 3 heterocycles. The minimum Gasteiger partial charge on any atom is -0.352 e. The van der Waals surface area contributed by atoms with Crippen molar-refractivity contribution in [1.82, 2.24) is 20.2 Å². The van der Waals surface area contributed by atoms with E-state index in [1.165, 1.54) is 44.5 Å². The number of amides is 1. The zero-order chi connectivity index (χ0) is 29.1. The standard InChI is InChI=1S/C36H42N4O/c1-23-15-32(16-24(2)27(23)5)34-19-29(7-11-37-34)21-39-36(41)31-9-13-40(14-10-31)22-30-8-12-38-35(20-30)33-17-25(3)28(6)26(4)18-33/h7-8,11-12,15-20,31H,9-10,13-14,21-22H2,1-6H3,(H,39,41). The second kappa shape index (κ2) is 12.4. The number of aromatic nitrogens is 2. The van der Waals surface area contributed by atoms with E-state index in [0.29, 0.717) is 6.54 Å². The molecule has 0 unspecified atom stereocenters. The van der Waals surface area contributed by atoms with Crippen LogP contribution in [-0.2, 0) is 17.9 Å². The van der Waals surface area contributed by atoms with Gasteiger partial charge in [0.05, 0.1) is 11.4 Å². The van der Waals surface area contributed by atoms with Gasteiger partial charge in [-0.25, -0.2) is 0 Å². The zero-order valence-corrected chi connectivity index (χ0v) is 25.3. The Balaban J connectivity index is 1.14. The molecule has 1 fully saturated rings. The number of hydrogen-bond acceptors (Lipinski definition) is 4. The van der Waals surface area contributed by atoms with Crippen LogP contribution < -0.4 is 5.32 Å². The van der Waals surface area contributed by atoms with E-state index in [-0.39, 0.29) is 11.8 Å². The number of rotatable bonds is 7. The van der Waals surface area contributed by atoms with Gasteiger partial charge in [-0.2, -0.15) is 0 Å². The number of carbonyl (C=O) groups excluding carboxylic acids is 1. The number of aryl methyl sites for hydroxylation is 4. The molecule has 4 aromatic rings. The van der Waals surface area contributed by atoms with E-state index in [1.54, 1.807) is 0 Å². The minimum atomic E-state index is 0.0569. The van der Waals surface area contributed by atoms with Gasteiger partial charge in [-0.05, 0) is 161 Å². The lowest BCUT2D eigenvalue weighted by Gasteiger charge is -2.31. The lowest BCUT2D eigenvalue weighted by atomic mass is 9.95. The summed E-state index contributed by atoms with van der Waals surface area (Å²) in [6, 6.07) is 17.3. The van der Waals surface area contributed by atoms with E-state index in [4.69, 9.17) is 0 Å².